The SMILES string of the molecule is C[C@H]1C[C@H]2CCCC[C@@H]2N(C)C1. The van der Waals surface area contributed by atoms with Gasteiger partial charge < -0.3 is 4.90 Å². The van der Waals surface area contributed by atoms with Crippen molar-refractivity contribution in [1.82, 2.24) is 4.90 Å². The maximum absolute atomic E-state index is 2.61. The molecule has 2 fully saturated rings. The Kier molecular flexibility index (Phi) is 2.40. The molecular weight excluding hydrogens is 146 g/mol. The number of hydrogen-bond donors (Lipinski definition) is 0. The van der Waals surface area contributed by atoms with Gasteiger partial charge in [-0.05, 0) is 38.1 Å². The highest BCUT2D eigenvalue weighted by Crippen LogP contribution is 2.36. The normalized spacial score (nSPS) is 44.0. The predicted molar refractivity (Wildman–Crippen MR) is 52.2 cm³/mol. The third kappa shape index (κ3) is 1.52. The van der Waals surface area contributed by atoms with E-state index >= 15 is 0 Å². The summed E-state index contributed by atoms with van der Waals surface area (Å²) in [6, 6.07) is 0.940. The van der Waals surface area contributed by atoms with E-state index in [1.54, 1.807) is 0 Å². The summed E-state index contributed by atoms with van der Waals surface area (Å²) in [7, 11) is 2.32. The molecule has 0 amide bonds. The van der Waals surface area contributed by atoms with Gasteiger partial charge in [-0.15, -0.1) is 0 Å². The van der Waals surface area contributed by atoms with Gasteiger partial charge in [0.05, 0.1) is 0 Å². The zero-order valence-electron chi connectivity index (χ0n) is 8.42. The quantitative estimate of drug-likeness (QED) is 0.536. The molecule has 0 unspecified atom stereocenters. The molecule has 70 valence electrons. The van der Waals surface area contributed by atoms with Gasteiger partial charge in [0.1, 0.15) is 0 Å². The second-order valence-electron chi connectivity index (χ2n) is 4.89. The Labute approximate surface area is 76.1 Å². The minimum Gasteiger partial charge on any atom is -0.303 e. The van der Waals surface area contributed by atoms with Crippen LogP contribution in [0.5, 0.6) is 0 Å². The first-order chi connectivity index (χ1) is 5.77. The molecular formula is C11H21N. The summed E-state index contributed by atoms with van der Waals surface area (Å²) in [5.41, 5.74) is 0. The fraction of sp³-hybridized carbons (Fsp3) is 1.00. The molecule has 1 saturated carbocycles. The molecule has 1 heterocycles. The zero-order valence-corrected chi connectivity index (χ0v) is 8.42. The van der Waals surface area contributed by atoms with Gasteiger partial charge in [-0.1, -0.05) is 19.8 Å². The van der Waals surface area contributed by atoms with Crippen molar-refractivity contribution in [2.45, 2.75) is 45.1 Å². The molecule has 1 nitrogen and oxygen atoms in total. The van der Waals surface area contributed by atoms with E-state index in [0.717, 1.165) is 17.9 Å². The molecule has 2 aliphatic rings. The van der Waals surface area contributed by atoms with E-state index in [1.807, 2.05) is 0 Å². The van der Waals surface area contributed by atoms with E-state index in [9.17, 15) is 0 Å². The maximum Gasteiger partial charge on any atom is 0.0121 e. The summed E-state index contributed by atoms with van der Waals surface area (Å²) in [6.45, 7) is 3.74. The average Bonchev–Trinajstić information content (AvgIpc) is 2.04. The molecule has 1 aliphatic heterocycles. The Balaban J connectivity index is 2.01. The number of piperidine rings is 1. The highest BCUT2D eigenvalue weighted by molar-refractivity contribution is 4.87. The minimum atomic E-state index is 0.939. The van der Waals surface area contributed by atoms with Crippen molar-refractivity contribution in [3.8, 4) is 0 Å². The molecule has 0 spiro atoms. The second kappa shape index (κ2) is 3.37. The van der Waals surface area contributed by atoms with Crippen molar-refractivity contribution >= 4 is 0 Å². The third-order valence-electron chi connectivity index (χ3n) is 3.74. The van der Waals surface area contributed by atoms with Crippen LogP contribution in [0.4, 0.5) is 0 Å². The average molecular weight is 167 g/mol. The largest absolute Gasteiger partial charge is 0.303 e. The highest BCUT2D eigenvalue weighted by atomic mass is 15.1. The Bertz CT molecular complexity index is 155. The van der Waals surface area contributed by atoms with E-state index in [-0.39, 0.29) is 0 Å². The van der Waals surface area contributed by atoms with Crippen molar-refractivity contribution in [2.75, 3.05) is 13.6 Å². The van der Waals surface area contributed by atoms with Crippen LogP contribution < -0.4 is 0 Å². The van der Waals surface area contributed by atoms with Crippen LogP contribution in [-0.4, -0.2) is 24.5 Å². The summed E-state index contributed by atoms with van der Waals surface area (Å²) in [5.74, 6) is 1.97. The van der Waals surface area contributed by atoms with E-state index in [4.69, 9.17) is 0 Å². The minimum absolute atomic E-state index is 0.939. The molecule has 0 aromatic carbocycles. The number of rotatable bonds is 0. The van der Waals surface area contributed by atoms with Crippen molar-refractivity contribution in [3.05, 3.63) is 0 Å². The lowest BCUT2D eigenvalue weighted by molar-refractivity contribution is 0.0544. The molecule has 1 heteroatoms. The van der Waals surface area contributed by atoms with Crippen LogP contribution >= 0.6 is 0 Å². The van der Waals surface area contributed by atoms with Crippen molar-refractivity contribution in [3.63, 3.8) is 0 Å². The van der Waals surface area contributed by atoms with Crippen molar-refractivity contribution in [2.24, 2.45) is 11.8 Å². The molecule has 1 saturated heterocycles. The maximum atomic E-state index is 2.61. The van der Waals surface area contributed by atoms with Crippen LogP contribution in [0.25, 0.3) is 0 Å². The summed E-state index contributed by atoms with van der Waals surface area (Å²) in [6.07, 6.45) is 7.42. The van der Waals surface area contributed by atoms with Gasteiger partial charge in [0, 0.05) is 12.6 Å². The van der Waals surface area contributed by atoms with Crippen LogP contribution in [0.15, 0.2) is 0 Å². The lowest BCUT2D eigenvalue weighted by atomic mass is 9.76. The van der Waals surface area contributed by atoms with E-state index in [1.165, 1.54) is 38.6 Å². The number of fused-ring (bicyclic) bond motifs is 1. The van der Waals surface area contributed by atoms with Gasteiger partial charge in [0.25, 0.3) is 0 Å². The lowest BCUT2D eigenvalue weighted by Gasteiger charge is -2.44. The zero-order chi connectivity index (χ0) is 8.55. The standard InChI is InChI=1S/C11H21N/c1-9-7-10-5-3-4-6-11(10)12(2)8-9/h9-11H,3-8H2,1-2H3/t9-,10+,11-/m0/s1. The summed E-state index contributed by atoms with van der Waals surface area (Å²) >= 11 is 0. The molecule has 1 aliphatic carbocycles. The molecule has 0 aromatic heterocycles. The van der Waals surface area contributed by atoms with E-state index in [0.29, 0.717) is 0 Å². The summed E-state index contributed by atoms with van der Waals surface area (Å²) in [5, 5.41) is 0. The van der Waals surface area contributed by atoms with Crippen molar-refractivity contribution in [1.29, 1.82) is 0 Å². The second-order valence-corrected chi connectivity index (χ2v) is 4.89. The Hall–Kier alpha value is -0.0400. The summed E-state index contributed by atoms with van der Waals surface area (Å²) < 4.78 is 0. The third-order valence-corrected chi connectivity index (χ3v) is 3.74. The Morgan fingerprint density at radius 3 is 2.75 bits per heavy atom. The Morgan fingerprint density at radius 2 is 1.92 bits per heavy atom. The first-order valence-electron chi connectivity index (χ1n) is 5.47. The lowest BCUT2D eigenvalue weighted by Crippen LogP contribution is -2.47. The van der Waals surface area contributed by atoms with Gasteiger partial charge in [-0.2, -0.15) is 0 Å². The van der Waals surface area contributed by atoms with Crippen LogP contribution in [-0.2, 0) is 0 Å². The number of hydrogen-bond acceptors (Lipinski definition) is 1. The first-order valence-corrected chi connectivity index (χ1v) is 5.47. The molecule has 12 heavy (non-hydrogen) atoms. The molecule has 2 rings (SSSR count). The molecule has 0 N–H and O–H groups in total. The van der Waals surface area contributed by atoms with Gasteiger partial charge >= 0.3 is 0 Å². The van der Waals surface area contributed by atoms with Gasteiger partial charge in [0.15, 0.2) is 0 Å². The summed E-state index contributed by atoms with van der Waals surface area (Å²) in [4.78, 5) is 2.61. The van der Waals surface area contributed by atoms with Gasteiger partial charge in [-0.25, -0.2) is 0 Å². The smallest absolute Gasteiger partial charge is 0.0121 e. The van der Waals surface area contributed by atoms with Crippen molar-refractivity contribution < 1.29 is 0 Å². The molecule has 0 bridgehead atoms. The number of likely N-dealkylation sites (tertiary alicyclic amines) is 1. The monoisotopic (exact) mass is 167 g/mol. The van der Waals surface area contributed by atoms with Gasteiger partial charge in [0.2, 0.25) is 0 Å². The van der Waals surface area contributed by atoms with Gasteiger partial charge in [-0.3, -0.25) is 0 Å². The van der Waals surface area contributed by atoms with Crippen LogP contribution in [0.1, 0.15) is 39.0 Å². The molecule has 0 radical (unpaired) electrons. The van der Waals surface area contributed by atoms with Crippen LogP contribution in [0.3, 0.4) is 0 Å². The van der Waals surface area contributed by atoms with E-state index in [2.05, 4.69) is 18.9 Å². The molecule has 0 aromatic rings. The highest BCUT2D eigenvalue weighted by Gasteiger charge is 2.33. The van der Waals surface area contributed by atoms with Crippen LogP contribution in [0, 0.1) is 11.8 Å². The first kappa shape index (κ1) is 8.55. The predicted octanol–water partition coefficient (Wildman–Crippen LogP) is 2.52. The fourth-order valence-electron chi connectivity index (χ4n) is 3.26. The topological polar surface area (TPSA) is 3.24 Å². The molecule has 3 atom stereocenters. The number of nitrogens with zero attached hydrogens (tertiary/aromatic N) is 1. The Morgan fingerprint density at radius 1 is 1.17 bits per heavy atom. The fourth-order valence-corrected chi connectivity index (χ4v) is 3.26. The van der Waals surface area contributed by atoms with E-state index < -0.39 is 0 Å². The van der Waals surface area contributed by atoms with Crippen LogP contribution in [0.2, 0.25) is 0 Å².